The van der Waals surface area contributed by atoms with Crippen LogP contribution in [-0.4, -0.2) is 34.6 Å². The summed E-state index contributed by atoms with van der Waals surface area (Å²) in [6.07, 6.45) is 5.89. The number of amides is 1. The minimum absolute atomic E-state index is 0.141. The molecule has 94 valence electrons. The summed E-state index contributed by atoms with van der Waals surface area (Å²) in [7, 11) is 0. The van der Waals surface area contributed by atoms with Crippen LogP contribution in [0.25, 0.3) is 0 Å². The lowest BCUT2D eigenvalue weighted by molar-refractivity contribution is -0.136. The molecular weight excluding hydrogens is 202 g/mol. The highest BCUT2D eigenvalue weighted by atomic mass is 16.3. The molecule has 0 aromatic heterocycles. The second-order valence-corrected chi connectivity index (χ2v) is 4.99. The Labute approximate surface area is 98.8 Å². The van der Waals surface area contributed by atoms with Crippen molar-refractivity contribution in [2.45, 2.75) is 64.4 Å². The van der Waals surface area contributed by atoms with E-state index in [0.717, 1.165) is 51.6 Å². The van der Waals surface area contributed by atoms with Crippen molar-refractivity contribution < 1.29 is 9.90 Å². The Bertz CT molecular complexity index is 216. The van der Waals surface area contributed by atoms with Crippen molar-refractivity contribution in [2.24, 2.45) is 0 Å². The number of nitrogens with zero attached hydrogens (tertiary/aromatic N) is 1. The molecule has 0 spiro atoms. The molecule has 0 aliphatic carbocycles. The quantitative estimate of drug-likeness (QED) is 0.756. The maximum Gasteiger partial charge on any atom is 0.225 e. The first kappa shape index (κ1) is 13.5. The minimum Gasteiger partial charge on any atom is -0.389 e. The average molecular weight is 227 g/mol. The molecule has 16 heavy (non-hydrogen) atoms. The van der Waals surface area contributed by atoms with E-state index in [9.17, 15) is 9.90 Å². The van der Waals surface area contributed by atoms with Gasteiger partial charge in [0.1, 0.15) is 0 Å². The number of hydrogen-bond donors (Lipinski definition) is 1. The molecule has 1 aliphatic heterocycles. The summed E-state index contributed by atoms with van der Waals surface area (Å²) >= 11 is 0. The molecule has 1 aliphatic rings. The molecule has 0 atom stereocenters. The lowest BCUT2D eigenvalue weighted by Gasteiger charge is -2.29. The largest absolute Gasteiger partial charge is 0.389 e. The Balaban J connectivity index is 2.49. The van der Waals surface area contributed by atoms with Gasteiger partial charge in [0.25, 0.3) is 0 Å². The van der Waals surface area contributed by atoms with Crippen LogP contribution in [0.1, 0.15) is 58.8 Å². The minimum atomic E-state index is -0.761. The topological polar surface area (TPSA) is 40.5 Å². The van der Waals surface area contributed by atoms with Gasteiger partial charge in [-0.05, 0) is 25.7 Å². The lowest BCUT2D eigenvalue weighted by atomic mass is 9.89. The summed E-state index contributed by atoms with van der Waals surface area (Å²) in [5.74, 6) is 0.141. The number of carbonyl (C=O) groups excluding carboxylic acids is 1. The van der Waals surface area contributed by atoms with E-state index in [2.05, 4.69) is 13.8 Å². The molecule has 0 radical (unpaired) electrons. The van der Waals surface area contributed by atoms with Crippen LogP contribution in [0, 0.1) is 0 Å². The molecule has 0 aromatic carbocycles. The van der Waals surface area contributed by atoms with Crippen LogP contribution in [0.4, 0.5) is 0 Å². The van der Waals surface area contributed by atoms with Gasteiger partial charge in [-0.15, -0.1) is 0 Å². The first-order valence-corrected chi connectivity index (χ1v) is 6.61. The van der Waals surface area contributed by atoms with Gasteiger partial charge in [0.05, 0.1) is 12.0 Å². The standard InChI is InChI=1S/C13H25NO2/c1-3-7-13(16,8-4-2)11-12(15)14-9-5-6-10-14/h16H,3-11H2,1-2H3. The first-order valence-electron chi connectivity index (χ1n) is 6.61. The van der Waals surface area contributed by atoms with Crippen LogP contribution in [0.3, 0.4) is 0 Å². The van der Waals surface area contributed by atoms with Gasteiger partial charge in [0, 0.05) is 13.1 Å². The number of carbonyl (C=O) groups is 1. The Morgan fingerprint density at radius 1 is 1.19 bits per heavy atom. The van der Waals surface area contributed by atoms with Crippen LogP contribution in [0.5, 0.6) is 0 Å². The van der Waals surface area contributed by atoms with E-state index in [-0.39, 0.29) is 5.91 Å². The van der Waals surface area contributed by atoms with Crippen molar-refractivity contribution in [3.63, 3.8) is 0 Å². The molecule has 1 rings (SSSR count). The van der Waals surface area contributed by atoms with Gasteiger partial charge < -0.3 is 10.0 Å². The maximum absolute atomic E-state index is 12.0. The zero-order valence-electron chi connectivity index (χ0n) is 10.7. The summed E-state index contributed by atoms with van der Waals surface area (Å²) in [5, 5.41) is 10.4. The van der Waals surface area contributed by atoms with Crippen molar-refractivity contribution in [3.8, 4) is 0 Å². The summed E-state index contributed by atoms with van der Waals surface area (Å²) in [6, 6.07) is 0. The van der Waals surface area contributed by atoms with E-state index >= 15 is 0 Å². The SMILES string of the molecule is CCCC(O)(CCC)CC(=O)N1CCCC1. The monoisotopic (exact) mass is 227 g/mol. The Morgan fingerprint density at radius 2 is 1.69 bits per heavy atom. The highest BCUT2D eigenvalue weighted by Gasteiger charge is 2.31. The van der Waals surface area contributed by atoms with E-state index in [1.54, 1.807) is 0 Å². The van der Waals surface area contributed by atoms with Crippen molar-refractivity contribution in [1.29, 1.82) is 0 Å². The molecule has 3 nitrogen and oxygen atoms in total. The van der Waals surface area contributed by atoms with Crippen LogP contribution < -0.4 is 0 Å². The lowest BCUT2D eigenvalue weighted by Crippen LogP contribution is -2.38. The molecule has 0 saturated carbocycles. The zero-order valence-corrected chi connectivity index (χ0v) is 10.7. The predicted molar refractivity (Wildman–Crippen MR) is 65.2 cm³/mol. The van der Waals surface area contributed by atoms with Crippen LogP contribution in [0.15, 0.2) is 0 Å². The van der Waals surface area contributed by atoms with Crippen molar-refractivity contribution in [1.82, 2.24) is 4.90 Å². The van der Waals surface area contributed by atoms with Gasteiger partial charge >= 0.3 is 0 Å². The Hall–Kier alpha value is -0.570. The molecule has 0 unspecified atom stereocenters. The van der Waals surface area contributed by atoms with E-state index in [1.165, 1.54) is 0 Å². The maximum atomic E-state index is 12.0. The van der Waals surface area contributed by atoms with Crippen LogP contribution >= 0.6 is 0 Å². The molecule has 0 bridgehead atoms. The first-order chi connectivity index (χ1) is 7.61. The zero-order chi connectivity index (χ0) is 12.0. The summed E-state index contributed by atoms with van der Waals surface area (Å²) in [6.45, 7) is 5.88. The highest BCUT2D eigenvalue weighted by molar-refractivity contribution is 5.77. The second kappa shape index (κ2) is 6.24. The van der Waals surface area contributed by atoms with Crippen LogP contribution in [0.2, 0.25) is 0 Å². The van der Waals surface area contributed by atoms with Crippen molar-refractivity contribution >= 4 is 5.91 Å². The molecular formula is C13H25NO2. The number of hydrogen-bond acceptors (Lipinski definition) is 2. The van der Waals surface area contributed by atoms with Gasteiger partial charge in [0.15, 0.2) is 0 Å². The highest BCUT2D eigenvalue weighted by Crippen LogP contribution is 2.25. The molecule has 0 aromatic rings. The average Bonchev–Trinajstić information content (AvgIpc) is 2.70. The summed E-state index contributed by atoms with van der Waals surface area (Å²) in [5.41, 5.74) is -0.761. The molecule has 1 heterocycles. The van der Waals surface area contributed by atoms with E-state index in [4.69, 9.17) is 0 Å². The third-order valence-electron chi connectivity index (χ3n) is 3.37. The van der Waals surface area contributed by atoms with Gasteiger partial charge in [-0.2, -0.15) is 0 Å². The third kappa shape index (κ3) is 3.78. The number of rotatable bonds is 6. The second-order valence-electron chi connectivity index (χ2n) is 4.99. The Kier molecular flexibility index (Phi) is 5.26. The third-order valence-corrected chi connectivity index (χ3v) is 3.37. The molecule has 1 N–H and O–H groups in total. The normalized spacial score (nSPS) is 16.8. The molecule has 1 fully saturated rings. The van der Waals surface area contributed by atoms with Gasteiger partial charge in [-0.1, -0.05) is 26.7 Å². The van der Waals surface area contributed by atoms with E-state index in [0.29, 0.717) is 6.42 Å². The predicted octanol–water partition coefficient (Wildman–Crippen LogP) is 2.33. The smallest absolute Gasteiger partial charge is 0.225 e. The molecule has 1 amide bonds. The molecule has 1 saturated heterocycles. The molecule has 3 heteroatoms. The summed E-state index contributed by atoms with van der Waals surface area (Å²) < 4.78 is 0. The summed E-state index contributed by atoms with van der Waals surface area (Å²) in [4.78, 5) is 13.9. The fourth-order valence-corrected chi connectivity index (χ4v) is 2.59. The van der Waals surface area contributed by atoms with Crippen molar-refractivity contribution in [2.75, 3.05) is 13.1 Å². The fraction of sp³-hybridized carbons (Fsp3) is 0.923. The van der Waals surface area contributed by atoms with Gasteiger partial charge in [-0.3, -0.25) is 4.79 Å². The van der Waals surface area contributed by atoms with Gasteiger partial charge in [0.2, 0.25) is 5.91 Å². The van der Waals surface area contributed by atoms with Crippen molar-refractivity contribution in [3.05, 3.63) is 0 Å². The number of aliphatic hydroxyl groups is 1. The van der Waals surface area contributed by atoms with Gasteiger partial charge in [-0.25, -0.2) is 0 Å². The van der Waals surface area contributed by atoms with E-state index < -0.39 is 5.60 Å². The number of likely N-dealkylation sites (tertiary alicyclic amines) is 1. The fourth-order valence-electron chi connectivity index (χ4n) is 2.59. The Morgan fingerprint density at radius 3 is 2.12 bits per heavy atom. The van der Waals surface area contributed by atoms with Crippen LogP contribution in [-0.2, 0) is 4.79 Å². The van der Waals surface area contributed by atoms with E-state index in [1.807, 2.05) is 4.90 Å².